The first-order valence-electron chi connectivity index (χ1n) is 5.78. The summed E-state index contributed by atoms with van der Waals surface area (Å²) >= 11 is 13.9. The molecule has 2 aromatic rings. The lowest BCUT2D eigenvalue weighted by molar-refractivity contribution is 1.16. The van der Waals surface area contributed by atoms with Gasteiger partial charge in [-0.1, -0.05) is 29.3 Å². The van der Waals surface area contributed by atoms with Crippen LogP contribution < -0.4 is 5.73 Å². The highest BCUT2D eigenvalue weighted by atomic mass is 35.5. The van der Waals surface area contributed by atoms with Crippen LogP contribution >= 0.6 is 35.0 Å². The van der Waals surface area contributed by atoms with Gasteiger partial charge in [-0.3, -0.25) is 0 Å². The predicted molar refractivity (Wildman–Crippen MR) is 84.1 cm³/mol. The van der Waals surface area contributed by atoms with E-state index >= 15 is 0 Å². The third-order valence-electron chi connectivity index (χ3n) is 2.69. The molecule has 0 radical (unpaired) electrons. The van der Waals surface area contributed by atoms with Crippen molar-refractivity contribution in [3.8, 4) is 0 Å². The molecule has 0 bridgehead atoms. The molecule has 0 aliphatic heterocycles. The number of rotatable bonds is 3. The number of hydrogen-bond acceptors (Lipinski definition) is 3. The molecule has 2 rings (SSSR count). The summed E-state index contributed by atoms with van der Waals surface area (Å²) in [5, 5.41) is 1.11. The lowest BCUT2D eigenvalue weighted by atomic mass is 10.2. The Balaban J connectivity index is 2.21. The number of nitrogens with two attached hydrogens (primary N) is 1. The molecule has 0 aliphatic carbocycles. The van der Waals surface area contributed by atoms with E-state index < -0.39 is 0 Å². The number of benzene rings is 1. The average molecular weight is 313 g/mol. The van der Waals surface area contributed by atoms with Gasteiger partial charge >= 0.3 is 0 Å². The van der Waals surface area contributed by atoms with Gasteiger partial charge in [0.1, 0.15) is 5.15 Å². The molecule has 0 fully saturated rings. The van der Waals surface area contributed by atoms with Gasteiger partial charge in [-0.2, -0.15) is 0 Å². The summed E-state index contributed by atoms with van der Waals surface area (Å²) in [4.78, 5) is 5.26. The van der Waals surface area contributed by atoms with Crippen LogP contribution in [-0.4, -0.2) is 4.98 Å². The molecule has 1 aromatic heterocycles. The van der Waals surface area contributed by atoms with Crippen LogP contribution in [0.3, 0.4) is 0 Å². The molecular formula is C14H14Cl2N2S. The van der Waals surface area contributed by atoms with E-state index in [-0.39, 0.29) is 0 Å². The number of thioether (sulfide) groups is 1. The maximum absolute atomic E-state index is 6.20. The van der Waals surface area contributed by atoms with Crippen molar-refractivity contribution >= 4 is 40.7 Å². The summed E-state index contributed by atoms with van der Waals surface area (Å²) in [6.07, 6.45) is 0. The fourth-order valence-electron chi connectivity index (χ4n) is 1.67. The highest BCUT2D eigenvalue weighted by Crippen LogP contribution is 2.33. The number of anilines is 1. The van der Waals surface area contributed by atoms with Gasteiger partial charge in [0.2, 0.25) is 0 Å². The van der Waals surface area contributed by atoms with E-state index in [1.807, 2.05) is 32.0 Å². The van der Waals surface area contributed by atoms with Crippen LogP contribution in [0.25, 0.3) is 0 Å². The molecule has 0 amide bonds. The highest BCUT2D eigenvalue weighted by Gasteiger charge is 2.10. The van der Waals surface area contributed by atoms with Crippen molar-refractivity contribution in [2.24, 2.45) is 0 Å². The van der Waals surface area contributed by atoms with Crippen LogP contribution in [0.4, 0.5) is 5.69 Å². The molecule has 1 heterocycles. The Kier molecular flexibility index (Phi) is 4.61. The molecule has 5 heteroatoms. The van der Waals surface area contributed by atoms with Crippen LogP contribution in [0.1, 0.15) is 16.8 Å². The number of halogens is 2. The minimum Gasteiger partial charge on any atom is -0.398 e. The van der Waals surface area contributed by atoms with Gasteiger partial charge < -0.3 is 5.73 Å². The minimum atomic E-state index is 0.462. The van der Waals surface area contributed by atoms with E-state index in [2.05, 4.69) is 11.1 Å². The third kappa shape index (κ3) is 3.56. The molecule has 0 saturated carbocycles. The zero-order valence-electron chi connectivity index (χ0n) is 10.7. The predicted octanol–water partition coefficient (Wildman–Crippen LogP) is 4.88. The van der Waals surface area contributed by atoms with Crippen LogP contribution in [-0.2, 0) is 5.75 Å². The van der Waals surface area contributed by atoms with E-state index in [1.54, 1.807) is 11.8 Å². The maximum Gasteiger partial charge on any atom is 0.134 e. The lowest BCUT2D eigenvalue weighted by Crippen LogP contribution is -1.93. The molecule has 0 spiro atoms. The highest BCUT2D eigenvalue weighted by molar-refractivity contribution is 7.98. The van der Waals surface area contributed by atoms with Crippen molar-refractivity contribution in [2.45, 2.75) is 24.5 Å². The van der Waals surface area contributed by atoms with E-state index in [4.69, 9.17) is 28.9 Å². The van der Waals surface area contributed by atoms with Crippen LogP contribution in [0.15, 0.2) is 29.2 Å². The minimum absolute atomic E-state index is 0.462. The first kappa shape index (κ1) is 14.5. The number of aromatic nitrogens is 1. The molecule has 0 aliphatic rings. The van der Waals surface area contributed by atoms with Gasteiger partial charge in [-0.15, -0.1) is 11.8 Å². The second kappa shape index (κ2) is 6.04. The Labute approximate surface area is 127 Å². The van der Waals surface area contributed by atoms with Crippen LogP contribution in [0.2, 0.25) is 10.2 Å². The molecule has 1 aromatic carbocycles. The first-order valence-corrected chi connectivity index (χ1v) is 7.52. The number of nitrogens with zero attached hydrogens (tertiary/aromatic N) is 1. The molecule has 0 atom stereocenters. The van der Waals surface area contributed by atoms with E-state index in [1.165, 1.54) is 5.56 Å². The number of nitrogen functional groups attached to an aromatic ring is 1. The maximum atomic E-state index is 6.20. The summed E-state index contributed by atoms with van der Waals surface area (Å²) in [5.41, 5.74) is 9.56. The smallest absolute Gasteiger partial charge is 0.134 e. The Bertz CT molecular complexity index is 591. The summed E-state index contributed by atoms with van der Waals surface area (Å²) in [5.74, 6) is 0.651. The number of pyridine rings is 1. The number of hydrogen-bond donors (Lipinski definition) is 1. The molecule has 19 heavy (non-hydrogen) atoms. The van der Waals surface area contributed by atoms with Crippen LogP contribution in [0.5, 0.6) is 0 Å². The topological polar surface area (TPSA) is 38.9 Å². The summed E-state index contributed by atoms with van der Waals surface area (Å²) < 4.78 is 0. The van der Waals surface area contributed by atoms with Gasteiger partial charge in [0.15, 0.2) is 0 Å². The average Bonchev–Trinajstić information content (AvgIpc) is 2.32. The monoisotopic (exact) mass is 312 g/mol. The second-order valence-corrected chi connectivity index (χ2v) is 6.13. The Morgan fingerprint density at radius 2 is 1.95 bits per heavy atom. The Morgan fingerprint density at radius 3 is 2.63 bits per heavy atom. The molecule has 2 nitrogen and oxygen atoms in total. The normalized spacial score (nSPS) is 10.7. The summed E-state index contributed by atoms with van der Waals surface area (Å²) in [6.45, 7) is 3.91. The lowest BCUT2D eigenvalue weighted by Gasteiger charge is -2.09. The van der Waals surface area contributed by atoms with Gasteiger partial charge in [0, 0.05) is 32.6 Å². The molecule has 0 unspecified atom stereocenters. The van der Waals surface area contributed by atoms with Crippen molar-refractivity contribution in [1.29, 1.82) is 0 Å². The molecular weight excluding hydrogens is 299 g/mol. The fourth-order valence-corrected chi connectivity index (χ4v) is 3.59. The standard InChI is InChI=1S/C14H14Cl2N2S/c1-8-3-4-12(17)13(5-8)19-7-10-11(15)6-9(2)18-14(10)16/h3-6H,7,17H2,1-2H3. The zero-order chi connectivity index (χ0) is 14.0. The van der Waals surface area contributed by atoms with E-state index in [0.717, 1.165) is 21.8 Å². The third-order valence-corrected chi connectivity index (χ3v) is 4.44. The van der Waals surface area contributed by atoms with E-state index in [0.29, 0.717) is 15.9 Å². The largest absolute Gasteiger partial charge is 0.398 e. The van der Waals surface area contributed by atoms with Crippen molar-refractivity contribution in [3.63, 3.8) is 0 Å². The summed E-state index contributed by atoms with van der Waals surface area (Å²) in [6, 6.07) is 7.79. The zero-order valence-corrected chi connectivity index (χ0v) is 13.0. The second-order valence-electron chi connectivity index (χ2n) is 4.34. The van der Waals surface area contributed by atoms with Crippen molar-refractivity contribution in [2.75, 3.05) is 5.73 Å². The Hall–Kier alpha value is -0.900. The number of aryl methyl sites for hydroxylation is 2. The van der Waals surface area contributed by atoms with Gasteiger partial charge in [-0.05, 0) is 37.6 Å². The first-order chi connectivity index (χ1) is 8.97. The van der Waals surface area contributed by atoms with Crippen molar-refractivity contribution < 1.29 is 0 Å². The van der Waals surface area contributed by atoms with Crippen molar-refractivity contribution in [1.82, 2.24) is 4.98 Å². The Morgan fingerprint density at radius 1 is 1.21 bits per heavy atom. The molecule has 100 valence electrons. The van der Waals surface area contributed by atoms with E-state index in [9.17, 15) is 0 Å². The van der Waals surface area contributed by atoms with Gasteiger partial charge in [-0.25, -0.2) is 4.98 Å². The molecule has 0 saturated heterocycles. The van der Waals surface area contributed by atoms with Gasteiger partial charge in [0.05, 0.1) is 0 Å². The van der Waals surface area contributed by atoms with Gasteiger partial charge in [0.25, 0.3) is 0 Å². The molecule has 2 N–H and O–H groups in total. The van der Waals surface area contributed by atoms with Crippen LogP contribution in [0, 0.1) is 13.8 Å². The van der Waals surface area contributed by atoms with Crippen molar-refractivity contribution in [3.05, 3.63) is 51.3 Å². The summed E-state index contributed by atoms with van der Waals surface area (Å²) in [7, 11) is 0. The fraction of sp³-hybridized carbons (Fsp3) is 0.214. The SMILES string of the molecule is Cc1ccc(N)c(SCc2c(Cl)cc(C)nc2Cl)c1. The quantitative estimate of drug-likeness (QED) is 0.498.